The van der Waals surface area contributed by atoms with Crippen molar-refractivity contribution in [1.82, 2.24) is 0 Å². The molecular formula is C12H9F3N2O2S. The fourth-order valence-corrected chi connectivity index (χ4v) is 2.70. The first kappa shape index (κ1) is 14.2. The van der Waals surface area contributed by atoms with Gasteiger partial charge in [0, 0.05) is 5.69 Å². The van der Waals surface area contributed by atoms with Gasteiger partial charge in [0.05, 0.1) is 5.69 Å². The first-order valence-electron chi connectivity index (χ1n) is 5.32. The Labute approximate surface area is 113 Å². The van der Waals surface area contributed by atoms with Crippen molar-refractivity contribution in [2.75, 3.05) is 10.5 Å². The normalized spacial score (nSPS) is 11.3. The number of rotatable bonds is 3. The summed E-state index contributed by atoms with van der Waals surface area (Å²) < 4.78 is 65.3. The van der Waals surface area contributed by atoms with Crippen LogP contribution < -0.4 is 10.5 Å². The number of halogens is 3. The lowest BCUT2D eigenvalue weighted by atomic mass is 10.3. The van der Waals surface area contributed by atoms with Crippen LogP contribution in [0.5, 0.6) is 0 Å². The molecule has 0 atom stereocenters. The Kier molecular flexibility index (Phi) is 3.58. The lowest BCUT2D eigenvalue weighted by Crippen LogP contribution is -2.15. The Morgan fingerprint density at radius 3 is 2.30 bits per heavy atom. The molecule has 8 heteroatoms. The van der Waals surface area contributed by atoms with Crippen LogP contribution in [0.3, 0.4) is 0 Å². The molecule has 3 N–H and O–H groups in total. The summed E-state index contributed by atoms with van der Waals surface area (Å²) in [7, 11) is -4.39. The molecule has 4 nitrogen and oxygen atoms in total. The summed E-state index contributed by atoms with van der Waals surface area (Å²) in [5.74, 6) is -2.80. The van der Waals surface area contributed by atoms with Gasteiger partial charge in [-0.15, -0.1) is 0 Å². The fraction of sp³-hybridized carbons (Fsp3) is 0. The number of hydrogen-bond acceptors (Lipinski definition) is 3. The molecule has 0 saturated carbocycles. The quantitative estimate of drug-likeness (QED) is 0.856. The monoisotopic (exact) mass is 302 g/mol. The van der Waals surface area contributed by atoms with Crippen LogP contribution in [0.1, 0.15) is 0 Å². The minimum absolute atomic E-state index is 0.0117. The Morgan fingerprint density at radius 1 is 0.950 bits per heavy atom. The fourth-order valence-electron chi connectivity index (χ4n) is 1.56. The second-order valence-electron chi connectivity index (χ2n) is 3.95. The molecule has 2 aromatic rings. The van der Waals surface area contributed by atoms with Crippen LogP contribution >= 0.6 is 0 Å². The van der Waals surface area contributed by atoms with Gasteiger partial charge < -0.3 is 5.73 Å². The molecule has 0 unspecified atom stereocenters. The largest absolute Gasteiger partial charge is 0.399 e. The number of hydrogen-bond donors (Lipinski definition) is 2. The van der Waals surface area contributed by atoms with Crippen molar-refractivity contribution in [3.8, 4) is 0 Å². The van der Waals surface area contributed by atoms with E-state index >= 15 is 0 Å². The van der Waals surface area contributed by atoms with Crippen molar-refractivity contribution in [2.45, 2.75) is 4.90 Å². The molecule has 106 valence electrons. The third-order valence-corrected chi connectivity index (χ3v) is 3.75. The summed E-state index contributed by atoms with van der Waals surface area (Å²) in [5.41, 5.74) is 5.16. The highest BCUT2D eigenvalue weighted by Gasteiger charge is 2.20. The topological polar surface area (TPSA) is 72.2 Å². The van der Waals surface area contributed by atoms with E-state index in [2.05, 4.69) is 0 Å². The van der Waals surface area contributed by atoms with E-state index in [1.807, 2.05) is 4.72 Å². The zero-order valence-corrected chi connectivity index (χ0v) is 10.7. The van der Waals surface area contributed by atoms with Crippen LogP contribution in [0.15, 0.2) is 41.3 Å². The van der Waals surface area contributed by atoms with Gasteiger partial charge >= 0.3 is 0 Å². The molecule has 0 bridgehead atoms. The Hall–Kier alpha value is -2.22. The molecule has 0 radical (unpaired) electrons. The zero-order chi connectivity index (χ0) is 14.9. The van der Waals surface area contributed by atoms with Crippen molar-refractivity contribution in [2.24, 2.45) is 0 Å². The maximum Gasteiger partial charge on any atom is 0.264 e. The molecular weight excluding hydrogens is 293 g/mol. The van der Waals surface area contributed by atoms with Crippen molar-refractivity contribution >= 4 is 21.4 Å². The third kappa shape index (κ3) is 3.02. The second-order valence-corrected chi connectivity index (χ2v) is 5.60. The van der Waals surface area contributed by atoms with Crippen LogP contribution in [0.2, 0.25) is 0 Å². The average molecular weight is 302 g/mol. The van der Waals surface area contributed by atoms with Gasteiger partial charge in [-0.25, -0.2) is 21.6 Å². The molecule has 0 aromatic heterocycles. The molecule has 0 fully saturated rings. The van der Waals surface area contributed by atoms with E-state index in [0.717, 1.165) is 24.3 Å². The van der Waals surface area contributed by atoms with E-state index in [0.29, 0.717) is 12.1 Å². The van der Waals surface area contributed by atoms with Crippen LogP contribution in [-0.2, 0) is 10.0 Å². The van der Waals surface area contributed by atoms with E-state index in [1.165, 1.54) is 0 Å². The highest BCUT2D eigenvalue weighted by atomic mass is 32.2. The zero-order valence-electron chi connectivity index (χ0n) is 9.90. The third-order valence-electron chi connectivity index (χ3n) is 2.36. The molecule has 0 amide bonds. The van der Waals surface area contributed by atoms with E-state index in [4.69, 9.17) is 5.73 Å². The van der Waals surface area contributed by atoms with E-state index in [-0.39, 0.29) is 11.4 Å². The van der Waals surface area contributed by atoms with Crippen LogP contribution in [0.4, 0.5) is 24.5 Å². The minimum Gasteiger partial charge on any atom is -0.399 e. The van der Waals surface area contributed by atoms with Crippen LogP contribution in [-0.4, -0.2) is 8.42 Å². The highest BCUT2D eigenvalue weighted by Crippen LogP contribution is 2.22. The molecule has 2 aromatic carbocycles. The minimum atomic E-state index is -4.39. The van der Waals surface area contributed by atoms with E-state index in [9.17, 15) is 21.6 Å². The van der Waals surface area contributed by atoms with Crippen LogP contribution in [0.25, 0.3) is 0 Å². The van der Waals surface area contributed by atoms with Crippen molar-refractivity contribution < 1.29 is 21.6 Å². The highest BCUT2D eigenvalue weighted by molar-refractivity contribution is 7.92. The lowest BCUT2D eigenvalue weighted by molar-refractivity contribution is 0.555. The number of nitrogens with one attached hydrogen (secondary N) is 1. The van der Waals surface area contributed by atoms with E-state index in [1.54, 1.807) is 0 Å². The number of nitrogens with two attached hydrogens (primary N) is 1. The number of anilines is 2. The lowest BCUT2D eigenvalue weighted by Gasteiger charge is -2.09. The SMILES string of the molecule is Nc1cc(F)cc(NS(=O)(=O)c2cc(F)ccc2F)c1. The average Bonchev–Trinajstić information content (AvgIpc) is 2.30. The van der Waals surface area contributed by atoms with E-state index < -0.39 is 32.4 Å². The summed E-state index contributed by atoms with van der Waals surface area (Å²) in [5, 5.41) is 0. The Bertz CT molecular complexity index is 743. The second kappa shape index (κ2) is 5.04. The van der Waals surface area contributed by atoms with Crippen molar-refractivity contribution in [3.05, 3.63) is 53.8 Å². The molecule has 20 heavy (non-hydrogen) atoms. The standard InChI is InChI=1S/C12H9F3N2O2S/c13-7-1-2-11(15)12(5-7)20(18,19)17-10-4-8(14)3-9(16)6-10/h1-6,17H,16H2. The van der Waals surface area contributed by atoms with Gasteiger partial charge in [0.2, 0.25) is 0 Å². The number of nitrogen functional groups attached to an aromatic ring is 1. The summed E-state index contributed by atoms with van der Waals surface area (Å²) in [4.78, 5) is -0.875. The first-order valence-corrected chi connectivity index (χ1v) is 6.80. The molecule has 0 spiro atoms. The molecule has 0 saturated heterocycles. The maximum atomic E-state index is 13.4. The van der Waals surface area contributed by atoms with Gasteiger partial charge in [0.1, 0.15) is 22.3 Å². The summed E-state index contributed by atoms with van der Waals surface area (Å²) >= 11 is 0. The molecule has 0 aliphatic carbocycles. The summed E-state index contributed by atoms with van der Waals surface area (Å²) in [6.45, 7) is 0. The molecule has 0 aliphatic rings. The predicted molar refractivity (Wildman–Crippen MR) is 68.0 cm³/mol. The number of sulfonamides is 1. The van der Waals surface area contributed by atoms with Crippen molar-refractivity contribution in [3.63, 3.8) is 0 Å². The molecule has 0 aliphatic heterocycles. The first-order chi connectivity index (χ1) is 9.28. The maximum absolute atomic E-state index is 13.4. The Balaban J connectivity index is 2.43. The molecule has 2 rings (SSSR count). The van der Waals surface area contributed by atoms with Gasteiger partial charge in [-0.2, -0.15) is 0 Å². The van der Waals surface area contributed by atoms with Crippen LogP contribution in [0, 0.1) is 17.5 Å². The Morgan fingerprint density at radius 2 is 1.65 bits per heavy atom. The smallest absolute Gasteiger partial charge is 0.264 e. The van der Waals surface area contributed by atoms with Crippen molar-refractivity contribution in [1.29, 1.82) is 0 Å². The molecule has 0 heterocycles. The predicted octanol–water partition coefficient (Wildman–Crippen LogP) is 2.49. The summed E-state index contributed by atoms with van der Waals surface area (Å²) in [6.07, 6.45) is 0. The van der Waals surface area contributed by atoms with Gasteiger partial charge in [-0.3, -0.25) is 4.72 Å². The van der Waals surface area contributed by atoms with Gasteiger partial charge in [-0.1, -0.05) is 0 Å². The van der Waals surface area contributed by atoms with Gasteiger partial charge in [0.25, 0.3) is 10.0 Å². The summed E-state index contributed by atoms with van der Waals surface area (Å²) in [6, 6.07) is 5.00. The van der Waals surface area contributed by atoms with Gasteiger partial charge in [0.15, 0.2) is 0 Å². The number of benzene rings is 2. The van der Waals surface area contributed by atoms with Gasteiger partial charge in [-0.05, 0) is 36.4 Å².